The molecule has 2 aromatic rings. The van der Waals surface area contributed by atoms with Crippen LogP contribution in [0.5, 0.6) is 0 Å². The van der Waals surface area contributed by atoms with Gasteiger partial charge in [0.2, 0.25) is 5.78 Å². The van der Waals surface area contributed by atoms with Gasteiger partial charge in [-0.3, -0.25) is 14.9 Å². The highest BCUT2D eigenvalue weighted by atomic mass is 35.5. The summed E-state index contributed by atoms with van der Waals surface area (Å²) in [5.41, 5.74) is 1.16. The summed E-state index contributed by atoms with van der Waals surface area (Å²) in [7, 11) is 0. The molecule has 0 aliphatic carbocycles. The number of hydrogen-bond donors (Lipinski definition) is 0. The smallest absolute Gasteiger partial charge is 0.340 e. The quantitative estimate of drug-likeness (QED) is 0.353. The number of non-ortho nitro benzene ring substituents is 1. The number of carbonyl (C=O) groups is 2. The molecule has 24 heavy (non-hydrogen) atoms. The SMILES string of the molecule is Cc1ccc(C(=O)[C@H](C)OC(=O)c2ccc([N+](=O)[O-])cc2Cl)cc1. The number of halogens is 1. The van der Waals surface area contributed by atoms with Gasteiger partial charge in [-0.25, -0.2) is 4.79 Å². The topological polar surface area (TPSA) is 86.5 Å². The summed E-state index contributed by atoms with van der Waals surface area (Å²) < 4.78 is 5.12. The number of rotatable bonds is 5. The zero-order chi connectivity index (χ0) is 17.9. The number of Topliss-reactive ketones (excluding diaryl/α,β-unsaturated/α-hetero) is 1. The standard InChI is InChI=1S/C17H14ClNO5/c1-10-3-5-12(6-4-10)16(20)11(2)24-17(21)14-8-7-13(19(22)23)9-15(14)18/h3-9,11H,1-2H3/t11-/m0/s1. The van der Waals surface area contributed by atoms with Crippen LogP contribution in [0.1, 0.15) is 33.2 Å². The summed E-state index contributed by atoms with van der Waals surface area (Å²) in [4.78, 5) is 34.4. The lowest BCUT2D eigenvalue weighted by Crippen LogP contribution is -2.24. The number of ketones is 1. The Kier molecular flexibility index (Phi) is 5.31. The Hall–Kier alpha value is -2.73. The Morgan fingerprint density at radius 3 is 2.33 bits per heavy atom. The van der Waals surface area contributed by atoms with Crippen LogP contribution in [0.25, 0.3) is 0 Å². The van der Waals surface area contributed by atoms with Gasteiger partial charge in [0.25, 0.3) is 5.69 Å². The average Bonchev–Trinajstić information content (AvgIpc) is 2.54. The minimum atomic E-state index is -1.01. The molecule has 2 rings (SSSR count). The van der Waals surface area contributed by atoms with Crippen molar-refractivity contribution in [2.75, 3.05) is 0 Å². The van der Waals surface area contributed by atoms with Gasteiger partial charge in [0.1, 0.15) is 0 Å². The van der Waals surface area contributed by atoms with Crippen molar-refractivity contribution in [2.24, 2.45) is 0 Å². The lowest BCUT2D eigenvalue weighted by molar-refractivity contribution is -0.384. The lowest BCUT2D eigenvalue weighted by atomic mass is 10.1. The van der Waals surface area contributed by atoms with Crippen molar-refractivity contribution in [3.63, 3.8) is 0 Å². The molecule has 124 valence electrons. The monoisotopic (exact) mass is 347 g/mol. The van der Waals surface area contributed by atoms with Gasteiger partial charge in [0, 0.05) is 17.7 Å². The van der Waals surface area contributed by atoms with Crippen LogP contribution in [0.2, 0.25) is 5.02 Å². The number of aryl methyl sites for hydroxylation is 1. The van der Waals surface area contributed by atoms with Crippen molar-refractivity contribution >= 4 is 29.0 Å². The van der Waals surface area contributed by atoms with E-state index >= 15 is 0 Å². The van der Waals surface area contributed by atoms with Crippen LogP contribution in [0, 0.1) is 17.0 Å². The summed E-state index contributed by atoms with van der Waals surface area (Å²) in [5.74, 6) is -1.16. The number of esters is 1. The van der Waals surface area contributed by atoms with E-state index in [4.69, 9.17) is 16.3 Å². The predicted molar refractivity (Wildman–Crippen MR) is 88.5 cm³/mol. The molecule has 1 atom stereocenters. The van der Waals surface area contributed by atoms with Crippen molar-refractivity contribution in [1.82, 2.24) is 0 Å². The molecule has 0 spiro atoms. The second-order valence-corrected chi connectivity index (χ2v) is 5.61. The molecule has 0 radical (unpaired) electrons. The Labute approximate surface area is 143 Å². The van der Waals surface area contributed by atoms with E-state index in [1.165, 1.54) is 13.0 Å². The first-order valence-corrected chi connectivity index (χ1v) is 7.43. The minimum absolute atomic E-state index is 0.0363. The molecule has 0 bridgehead atoms. The number of nitro groups is 1. The maximum Gasteiger partial charge on any atom is 0.340 e. The maximum absolute atomic E-state index is 12.3. The molecule has 0 amide bonds. The number of hydrogen-bond acceptors (Lipinski definition) is 5. The molecule has 0 unspecified atom stereocenters. The fourth-order valence-corrected chi connectivity index (χ4v) is 2.27. The van der Waals surface area contributed by atoms with Crippen LogP contribution in [-0.2, 0) is 4.74 Å². The van der Waals surface area contributed by atoms with Gasteiger partial charge in [-0.15, -0.1) is 0 Å². The van der Waals surface area contributed by atoms with Crippen molar-refractivity contribution in [3.8, 4) is 0 Å². The third-order valence-electron chi connectivity index (χ3n) is 3.37. The summed E-state index contributed by atoms with van der Waals surface area (Å²) in [6.45, 7) is 3.35. The van der Waals surface area contributed by atoms with E-state index in [1.807, 2.05) is 6.92 Å². The van der Waals surface area contributed by atoms with E-state index in [0.29, 0.717) is 5.56 Å². The molecule has 0 aliphatic rings. The molecule has 0 saturated heterocycles. The van der Waals surface area contributed by atoms with Crippen LogP contribution in [0.4, 0.5) is 5.69 Å². The molecular weight excluding hydrogens is 334 g/mol. The largest absolute Gasteiger partial charge is 0.451 e. The first kappa shape index (κ1) is 17.6. The molecule has 7 heteroatoms. The third kappa shape index (κ3) is 3.97. The van der Waals surface area contributed by atoms with Gasteiger partial charge in [-0.2, -0.15) is 0 Å². The van der Waals surface area contributed by atoms with Crippen LogP contribution in [0.15, 0.2) is 42.5 Å². The van der Waals surface area contributed by atoms with Gasteiger partial charge in [-0.05, 0) is 19.9 Å². The van der Waals surface area contributed by atoms with E-state index in [9.17, 15) is 19.7 Å². The van der Waals surface area contributed by atoms with Gasteiger partial charge in [0.05, 0.1) is 15.5 Å². The molecule has 2 aromatic carbocycles. The van der Waals surface area contributed by atoms with E-state index in [1.54, 1.807) is 24.3 Å². The molecule has 0 heterocycles. The van der Waals surface area contributed by atoms with E-state index < -0.39 is 17.0 Å². The van der Waals surface area contributed by atoms with Gasteiger partial charge in [-0.1, -0.05) is 41.4 Å². The highest BCUT2D eigenvalue weighted by molar-refractivity contribution is 6.33. The van der Waals surface area contributed by atoms with E-state index in [0.717, 1.165) is 17.7 Å². The Morgan fingerprint density at radius 1 is 1.17 bits per heavy atom. The fourth-order valence-electron chi connectivity index (χ4n) is 2.01. The average molecular weight is 348 g/mol. The summed E-state index contributed by atoms with van der Waals surface area (Å²) in [6.07, 6.45) is -1.01. The van der Waals surface area contributed by atoms with E-state index in [-0.39, 0.29) is 22.1 Å². The van der Waals surface area contributed by atoms with Gasteiger partial charge >= 0.3 is 5.97 Å². The highest BCUT2D eigenvalue weighted by Crippen LogP contribution is 2.23. The molecule has 0 aromatic heterocycles. The number of benzene rings is 2. The lowest BCUT2D eigenvalue weighted by Gasteiger charge is -2.13. The number of carbonyl (C=O) groups excluding carboxylic acids is 2. The molecule has 0 fully saturated rings. The summed E-state index contributed by atoms with van der Waals surface area (Å²) in [5, 5.41) is 10.6. The van der Waals surface area contributed by atoms with Crippen LogP contribution >= 0.6 is 11.6 Å². The second-order valence-electron chi connectivity index (χ2n) is 5.20. The number of nitro benzene ring substituents is 1. The Morgan fingerprint density at radius 2 is 1.79 bits per heavy atom. The molecule has 0 N–H and O–H groups in total. The van der Waals surface area contributed by atoms with Gasteiger partial charge in [0.15, 0.2) is 6.10 Å². The summed E-state index contributed by atoms with van der Waals surface area (Å²) >= 11 is 5.88. The van der Waals surface area contributed by atoms with Gasteiger partial charge < -0.3 is 4.74 Å². The van der Waals surface area contributed by atoms with Crippen LogP contribution in [0.3, 0.4) is 0 Å². The normalized spacial score (nSPS) is 11.6. The van der Waals surface area contributed by atoms with Crippen LogP contribution < -0.4 is 0 Å². The van der Waals surface area contributed by atoms with Crippen molar-refractivity contribution in [2.45, 2.75) is 20.0 Å². The first-order chi connectivity index (χ1) is 11.3. The fraction of sp³-hybridized carbons (Fsp3) is 0.176. The van der Waals surface area contributed by atoms with Crippen molar-refractivity contribution in [1.29, 1.82) is 0 Å². The number of ether oxygens (including phenoxy) is 1. The molecule has 0 aliphatic heterocycles. The number of nitrogens with zero attached hydrogens (tertiary/aromatic N) is 1. The third-order valence-corrected chi connectivity index (χ3v) is 3.69. The first-order valence-electron chi connectivity index (χ1n) is 7.05. The van der Waals surface area contributed by atoms with Crippen LogP contribution in [-0.4, -0.2) is 22.8 Å². The Balaban J connectivity index is 2.12. The zero-order valence-corrected chi connectivity index (χ0v) is 13.7. The molecular formula is C17H14ClNO5. The zero-order valence-electron chi connectivity index (χ0n) is 13.0. The molecule has 0 saturated carbocycles. The minimum Gasteiger partial charge on any atom is -0.451 e. The highest BCUT2D eigenvalue weighted by Gasteiger charge is 2.22. The maximum atomic E-state index is 12.3. The Bertz CT molecular complexity index is 801. The van der Waals surface area contributed by atoms with E-state index in [2.05, 4.69) is 0 Å². The predicted octanol–water partition coefficient (Wildman–Crippen LogP) is 3.98. The van der Waals surface area contributed by atoms with Crippen molar-refractivity contribution < 1.29 is 19.2 Å². The van der Waals surface area contributed by atoms with Crippen molar-refractivity contribution in [3.05, 3.63) is 74.3 Å². The molecule has 6 nitrogen and oxygen atoms in total. The second kappa shape index (κ2) is 7.23. The summed E-state index contributed by atoms with van der Waals surface area (Å²) in [6, 6.07) is 10.3.